The van der Waals surface area contributed by atoms with E-state index in [-0.39, 0.29) is 29.9 Å². The van der Waals surface area contributed by atoms with E-state index in [4.69, 9.17) is 0 Å². The summed E-state index contributed by atoms with van der Waals surface area (Å²) in [5, 5.41) is 10.4. The Labute approximate surface area is 201 Å². The molecule has 2 heterocycles. The molecule has 1 aliphatic heterocycles. The van der Waals surface area contributed by atoms with Crippen LogP contribution in [0.15, 0.2) is 54.6 Å². The van der Waals surface area contributed by atoms with Gasteiger partial charge in [-0.05, 0) is 23.3 Å². The molecule has 0 bridgehead atoms. The summed E-state index contributed by atoms with van der Waals surface area (Å²) in [7, 11) is 0. The van der Waals surface area contributed by atoms with Gasteiger partial charge >= 0.3 is 5.97 Å². The monoisotopic (exact) mass is 496 g/mol. The summed E-state index contributed by atoms with van der Waals surface area (Å²) in [6, 6.07) is 15.7. The first-order valence-corrected chi connectivity index (χ1v) is 10.9. The number of aromatic nitrogens is 1. The van der Waals surface area contributed by atoms with Gasteiger partial charge in [0.15, 0.2) is 23.3 Å². The largest absolute Gasteiger partial charge is 0.478 e. The van der Waals surface area contributed by atoms with E-state index in [9.17, 15) is 31.9 Å². The van der Waals surface area contributed by atoms with E-state index in [1.807, 2.05) is 35.2 Å². The fourth-order valence-electron chi connectivity index (χ4n) is 4.50. The van der Waals surface area contributed by atoms with Gasteiger partial charge in [-0.25, -0.2) is 31.7 Å². The predicted molar refractivity (Wildman–Crippen MR) is 123 cm³/mol. The van der Waals surface area contributed by atoms with Crippen LogP contribution in [-0.2, 0) is 13.1 Å². The molecule has 0 saturated carbocycles. The fraction of sp³-hybridized carbons (Fsp3) is 0.111. The Balaban J connectivity index is 1.76. The zero-order valence-corrected chi connectivity index (χ0v) is 18.5. The highest BCUT2D eigenvalue weighted by Gasteiger charge is 2.30. The average molecular weight is 496 g/mol. The minimum Gasteiger partial charge on any atom is -0.478 e. The molecule has 1 N–H and O–H groups in total. The van der Waals surface area contributed by atoms with Crippen molar-refractivity contribution in [1.82, 2.24) is 9.88 Å². The van der Waals surface area contributed by atoms with Gasteiger partial charge in [-0.15, -0.1) is 0 Å². The minimum atomic E-state index is -2.25. The van der Waals surface area contributed by atoms with E-state index >= 15 is 0 Å². The van der Waals surface area contributed by atoms with Crippen LogP contribution in [0.4, 0.5) is 22.0 Å². The predicted octanol–water partition coefficient (Wildman–Crippen LogP) is 6.18. The molecule has 0 amide bonds. The molecular weight excluding hydrogens is 479 g/mol. The van der Waals surface area contributed by atoms with Gasteiger partial charge in [0.05, 0.1) is 22.3 Å². The Morgan fingerprint density at radius 1 is 0.861 bits per heavy atom. The van der Waals surface area contributed by atoms with Crippen molar-refractivity contribution >= 4 is 28.5 Å². The van der Waals surface area contributed by atoms with E-state index in [0.29, 0.717) is 23.0 Å². The van der Waals surface area contributed by atoms with E-state index in [1.165, 1.54) is 0 Å². The van der Waals surface area contributed by atoms with E-state index in [2.05, 4.69) is 4.98 Å². The van der Waals surface area contributed by atoms with Crippen molar-refractivity contribution in [2.45, 2.75) is 13.1 Å². The summed E-state index contributed by atoms with van der Waals surface area (Å²) in [5.41, 5.74) is 0.634. The molecule has 5 rings (SSSR count). The van der Waals surface area contributed by atoms with Gasteiger partial charge < -0.3 is 5.11 Å². The Morgan fingerprint density at radius 3 is 2.14 bits per heavy atom. The summed E-state index contributed by atoms with van der Waals surface area (Å²) in [4.78, 5) is 18.7. The van der Waals surface area contributed by atoms with Crippen LogP contribution in [0.25, 0.3) is 22.6 Å². The van der Waals surface area contributed by atoms with E-state index < -0.39 is 40.6 Å². The Kier molecular flexibility index (Phi) is 6.01. The lowest BCUT2D eigenvalue weighted by Crippen LogP contribution is -2.31. The van der Waals surface area contributed by atoms with Crippen LogP contribution in [0.1, 0.15) is 32.7 Å². The molecule has 9 heteroatoms. The second-order valence-electron chi connectivity index (χ2n) is 8.42. The number of carbonyl (C=O) groups is 1. The molecule has 4 nitrogen and oxygen atoms in total. The molecule has 0 atom stereocenters. The maximum atomic E-state index is 14.5. The average Bonchev–Trinajstić information content (AvgIpc) is 2.88. The number of para-hydroxylation sites is 1. The van der Waals surface area contributed by atoms with Gasteiger partial charge in [-0.1, -0.05) is 48.5 Å². The van der Waals surface area contributed by atoms with Crippen LogP contribution in [0.3, 0.4) is 0 Å². The lowest BCUT2D eigenvalue weighted by molar-refractivity contribution is 0.0696. The quantitative estimate of drug-likeness (QED) is 0.208. The highest BCUT2D eigenvalue weighted by molar-refractivity contribution is 6.06. The number of hydrogen-bond acceptors (Lipinski definition) is 3. The third-order valence-corrected chi connectivity index (χ3v) is 6.10. The number of pyridine rings is 1. The normalized spacial score (nSPS) is 14.9. The van der Waals surface area contributed by atoms with Gasteiger partial charge in [0.1, 0.15) is 0 Å². The van der Waals surface area contributed by atoms with E-state index in [1.54, 1.807) is 24.3 Å². The van der Waals surface area contributed by atoms with Crippen molar-refractivity contribution in [3.05, 3.63) is 112 Å². The second kappa shape index (κ2) is 9.16. The molecule has 182 valence electrons. The number of rotatable bonds is 4. The maximum absolute atomic E-state index is 14.5. The van der Waals surface area contributed by atoms with Crippen molar-refractivity contribution in [1.29, 1.82) is 0 Å². The van der Waals surface area contributed by atoms with E-state index in [0.717, 1.165) is 11.6 Å². The lowest BCUT2D eigenvalue weighted by atomic mass is 9.91. The first-order chi connectivity index (χ1) is 17.3. The number of nitrogens with zero attached hydrogens (tertiary/aromatic N) is 2. The number of hydrogen-bond donors (Lipinski definition) is 1. The van der Waals surface area contributed by atoms with Crippen LogP contribution < -0.4 is 0 Å². The summed E-state index contributed by atoms with van der Waals surface area (Å²) >= 11 is 0. The molecular formula is C27H17F5N2O2. The summed E-state index contributed by atoms with van der Waals surface area (Å²) in [6.45, 7) is 0.532. The molecule has 0 radical (unpaired) electrons. The minimum absolute atomic E-state index is 0.0309. The summed E-state index contributed by atoms with van der Waals surface area (Å²) in [6.07, 6.45) is 0.861. The van der Waals surface area contributed by atoms with Crippen molar-refractivity contribution in [3.8, 4) is 0 Å². The molecule has 0 unspecified atom stereocenters. The fourth-order valence-corrected chi connectivity index (χ4v) is 4.50. The highest BCUT2D eigenvalue weighted by Crippen LogP contribution is 2.36. The van der Waals surface area contributed by atoms with Crippen LogP contribution in [0.2, 0.25) is 0 Å². The van der Waals surface area contributed by atoms with Gasteiger partial charge in [-0.3, -0.25) is 4.90 Å². The zero-order valence-electron chi connectivity index (χ0n) is 18.5. The molecule has 0 spiro atoms. The number of carboxylic acid groups (broad SMARTS) is 1. The number of carboxylic acids is 1. The first-order valence-electron chi connectivity index (χ1n) is 10.9. The summed E-state index contributed by atoms with van der Waals surface area (Å²) in [5.74, 6) is -11.5. The Bertz CT molecular complexity index is 1520. The van der Waals surface area contributed by atoms with Gasteiger partial charge in [0.2, 0.25) is 5.82 Å². The van der Waals surface area contributed by atoms with Gasteiger partial charge in [0.25, 0.3) is 0 Å². The van der Waals surface area contributed by atoms with Crippen molar-refractivity contribution in [2.75, 3.05) is 6.54 Å². The standard InChI is InChI=1S/C27H17F5N2O2/c28-21-17(22(29)24(31)25(32)23(21)30)10-15-12-34(11-14-6-2-1-3-7-14)13-18-20(27(35)36)16-8-4-5-9-19(16)33-26(15)18/h1-10H,11-13H2,(H,35,36). The molecule has 0 saturated heterocycles. The molecule has 36 heavy (non-hydrogen) atoms. The zero-order chi connectivity index (χ0) is 25.6. The molecule has 3 aromatic carbocycles. The number of fused-ring (bicyclic) bond motifs is 2. The molecule has 0 fully saturated rings. The second-order valence-corrected chi connectivity index (χ2v) is 8.42. The van der Waals surface area contributed by atoms with Crippen LogP contribution in [0, 0.1) is 29.1 Å². The molecule has 1 aromatic heterocycles. The van der Waals surface area contributed by atoms with Crippen LogP contribution in [-0.4, -0.2) is 27.5 Å². The third-order valence-electron chi connectivity index (χ3n) is 6.10. The topological polar surface area (TPSA) is 53.4 Å². The van der Waals surface area contributed by atoms with Gasteiger partial charge in [0, 0.05) is 30.6 Å². The van der Waals surface area contributed by atoms with Crippen LogP contribution >= 0.6 is 0 Å². The number of aromatic carboxylic acids is 1. The number of benzene rings is 3. The maximum Gasteiger partial charge on any atom is 0.336 e. The van der Waals surface area contributed by atoms with Gasteiger partial charge in [-0.2, -0.15) is 0 Å². The van der Waals surface area contributed by atoms with Crippen LogP contribution in [0.5, 0.6) is 0 Å². The van der Waals surface area contributed by atoms with Crippen molar-refractivity contribution < 1.29 is 31.9 Å². The smallest absolute Gasteiger partial charge is 0.336 e. The molecule has 4 aromatic rings. The number of halogens is 5. The molecule has 0 aliphatic carbocycles. The highest BCUT2D eigenvalue weighted by atomic mass is 19.2. The molecule has 1 aliphatic rings. The summed E-state index contributed by atoms with van der Waals surface area (Å²) < 4.78 is 70.5. The Morgan fingerprint density at radius 2 is 1.47 bits per heavy atom. The first kappa shape index (κ1) is 23.6. The SMILES string of the molecule is O=C(O)c1c2c(nc3ccccc13)C(=Cc1c(F)c(F)c(F)c(F)c1F)CN(Cc1ccccc1)C2. The third kappa shape index (κ3) is 4.01. The van der Waals surface area contributed by atoms with Crippen molar-refractivity contribution in [3.63, 3.8) is 0 Å². The lowest BCUT2D eigenvalue weighted by Gasteiger charge is -2.31. The Hall–Kier alpha value is -4.11. The van der Waals surface area contributed by atoms with Crippen molar-refractivity contribution in [2.24, 2.45) is 0 Å².